The first-order valence-electron chi connectivity index (χ1n) is 12.3. The first-order chi connectivity index (χ1) is 15.8. The van der Waals surface area contributed by atoms with E-state index < -0.39 is 0 Å². The Morgan fingerprint density at radius 2 is 1.81 bits per heavy atom. The molecule has 4 heteroatoms. The molecule has 0 bridgehead atoms. The maximum atomic E-state index is 12.4. The van der Waals surface area contributed by atoms with Gasteiger partial charge in [0.25, 0.3) is 5.91 Å². The molecule has 2 fully saturated rings. The van der Waals surface area contributed by atoms with Crippen LogP contribution in [0.3, 0.4) is 0 Å². The Morgan fingerprint density at radius 1 is 0.969 bits per heavy atom. The van der Waals surface area contributed by atoms with Crippen molar-refractivity contribution in [1.29, 1.82) is 0 Å². The molecule has 4 nitrogen and oxygen atoms in total. The number of nitrogens with one attached hydrogen (secondary N) is 1. The summed E-state index contributed by atoms with van der Waals surface area (Å²) in [7, 11) is 0. The van der Waals surface area contributed by atoms with Crippen LogP contribution in [0.4, 0.5) is 0 Å². The van der Waals surface area contributed by atoms with Crippen molar-refractivity contribution in [3.8, 4) is 11.3 Å². The maximum Gasteiger partial charge on any atom is 0.251 e. The zero-order chi connectivity index (χ0) is 21.8. The van der Waals surface area contributed by atoms with E-state index in [2.05, 4.69) is 28.4 Å². The van der Waals surface area contributed by atoms with Crippen LogP contribution in [-0.2, 0) is 0 Å². The molecular formula is C28H34N2O2. The number of carbonyl (C=O) groups excluding carboxylic acids is 1. The predicted octanol–water partition coefficient (Wildman–Crippen LogP) is 6.29. The molecule has 1 unspecified atom stereocenters. The summed E-state index contributed by atoms with van der Waals surface area (Å²) in [6.07, 6.45) is 11.7. The predicted molar refractivity (Wildman–Crippen MR) is 128 cm³/mol. The second-order valence-electron chi connectivity index (χ2n) is 9.62. The van der Waals surface area contributed by atoms with Gasteiger partial charge >= 0.3 is 0 Å². The van der Waals surface area contributed by atoms with Crippen LogP contribution in [0.2, 0.25) is 0 Å². The van der Waals surface area contributed by atoms with Gasteiger partial charge in [-0.3, -0.25) is 9.69 Å². The first kappa shape index (κ1) is 21.3. The number of benzene rings is 1. The van der Waals surface area contributed by atoms with Gasteiger partial charge in [-0.2, -0.15) is 0 Å². The fourth-order valence-electron chi connectivity index (χ4n) is 5.60. The Balaban J connectivity index is 1.12. The molecule has 5 rings (SSSR count). The zero-order valence-electron chi connectivity index (χ0n) is 18.8. The number of likely N-dealkylation sites (tertiary alicyclic amines) is 1. The fraction of sp³-hybridized carbons (Fsp3) is 0.464. The molecule has 0 spiro atoms. The number of nitrogens with zero attached hydrogens (tertiary/aromatic N) is 1. The summed E-state index contributed by atoms with van der Waals surface area (Å²) < 4.78 is 5.89. The molecular weight excluding hydrogens is 396 g/mol. The third kappa shape index (κ3) is 4.91. The summed E-state index contributed by atoms with van der Waals surface area (Å²) in [6, 6.07) is 18.9. The number of piperidine rings is 1. The largest absolute Gasteiger partial charge is 0.464 e. The molecule has 32 heavy (non-hydrogen) atoms. The van der Waals surface area contributed by atoms with Crippen molar-refractivity contribution >= 4 is 5.91 Å². The van der Waals surface area contributed by atoms with Gasteiger partial charge in [0.05, 0.1) is 6.26 Å². The van der Waals surface area contributed by atoms with Crippen LogP contribution in [0.1, 0.15) is 73.3 Å². The lowest BCUT2D eigenvalue weighted by molar-refractivity contribution is 0.0915. The minimum absolute atomic E-state index is 0.0671. The minimum Gasteiger partial charge on any atom is -0.464 e. The van der Waals surface area contributed by atoms with E-state index >= 15 is 0 Å². The Morgan fingerprint density at radius 3 is 2.66 bits per heavy atom. The maximum absolute atomic E-state index is 12.4. The zero-order valence-corrected chi connectivity index (χ0v) is 18.8. The van der Waals surface area contributed by atoms with E-state index in [4.69, 9.17) is 4.42 Å². The van der Waals surface area contributed by atoms with E-state index in [1.165, 1.54) is 56.2 Å². The van der Waals surface area contributed by atoms with Gasteiger partial charge in [0.2, 0.25) is 0 Å². The molecule has 1 saturated carbocycles. The molecule has 168 valence electrons. The number of hydrogen-bond donors (Lipinski definition) is 1. The van der Waals surface area contributed by atoms with Crippen molar-refractivity contribution in [2.24, 2.45) is 5.92 Å². The monoisotopic (exact) mass is 430 g/mol. The minimum atomic E-state index is 0.0671. The number of hydrogen-bond acceptors (Lipinski definition) is 3. The Bertz CT molecular complexity index is 974. The Labute approximate surface area is 191 Å². The quantitative estimate of drug-likeness (QED) is 0.500. The van der Waals surface area contributed by atoms with E-state index in [1.54, 1.807) is 0 Å². The van der Waals surface area contributed by atoms with Crippen LogP contribution < -0.4 is 5.32 Å². The molecule has 1 aromatic carbocycles. The molecule has 1 aromatic rings. The summed E-state index contributed by atoms with van der Waals surface area (Å²) in [5.41, 5.74) is 3.30. The van der Waals surface area contributed by atoms with Crippen molar-refractivity contribution in [3.05, 3.63) is 72.0 Å². The van der Waals surface area contributed by atoms with Crippen molar-refractivity contribution in [2.45, 2.75) is 63.5 Å². The standard InChI is InChI=1S/C28H34N2O2/c31-28(22-7-2-1-3-8-22)29-25-14-12-21(13-15-25)16-18-30-17-5-4-10-26(30)24-19-23-9-6-11-27(23)32-20-24/h1-3,6-9,11,19-21,25-26H,4-5,10,12-18H2,(H,29,31)/t21-,25-,26?. The topological polar surface area (TPSA) is 45.5 Å². The van der Waals surface area contributed by atoms with E-state index in [-0.39, 0.29) is 5.91 Å². The van der Waals surface area contributed by atoms with Gasteiger partial charge in [-0.1, -0.05) is 36.8 Å². The molecule has 0 aromatic heterocycles. The van der Waals surface area contributed by atoms with E-state index in [0.717, 1.165) is 36.6 Å². The van der Waals surface area contributed by atoms with Gasteiger partial charge in [0.15, 0.2) is 0 Å². The van der Waals surface area contributed by atoms with Crippen molar-refractivity contribution in [3.63, 3.8) is 0 Å². The van der Waals surface area contributed by atoms with Gasteiger partial charge in [-0.25, -0.2) is 0 Å². The normalized spacial score (nSPS) is 24.4. The van der Waals surface area contributed by atoms with Crippen molar-refractivity contribution in [2.75, 3.05) is 13.1 Å². The van der Waals surface area contributed by atoms with Gasteiger partial charge in [-0.15, -0.1) is 0 Å². The Hall–Kier alpha value is -2.59. The van der Waals surface area contributed by atoms with Gasteiger partial charge in [-0.05, 0) is 88.2 Å². The summed E-state index contributed by atoms with van der Waals surface area (Å²) in [5, 5.41) is 3.24. The van der Waals surface area contributed by atoms with Gasteiger partial charge in [0.1, 0.15) is 5.76 Å². The van der Waals surface area contributed by atoms with Gasteiger partial charge in [0, 0.05) is 28.8 Å². The van der Waals surface area contributed by atoms with Crippen LogP contribution in [-0.4, -0.2) is 29.9 Å². The third-order valence-corrected chi connectivity index (χ3v) is 7.49. The molecule has 2 aliphatic heterocycles. The molecule has 2 aliphatic carbocycles. The summed E-state index contributed by atoms with van der Waals surface area (Å²) in [6.45, 7) is 2.35. The summed E-state index contributed by atoms with van der Waals surface area (Å²) in [4.78, 5) is 15.1. The highest BCUT2D eigenvalue weighted by atomic mass is 16.3. The lowest BCUT2D eigenvalue weighted by Crippen LogP contribution is -2.39. The van der Waals surface area contributed by atoms with E-state index in [0.29, 0.717) is 12.1 Å². The van der Waals surface area contributed by atoms with Crippen molar-refractivity contribution < 1.29 is 9.21 Å². The summed E-state index contributed by atoms with van der Waals surface area (Å²) in [5.74, 6) is 1.81. The number of carbonyl (C=O) groups is 1. The SMILES string of the molecule is O=C(N[C@H]1CC[C@H](CCN2CCCCC2c2coc3cccc-3c2)CC1)c1ccccc1. The molecule has 1 amide bonds. The number of rotatable bonds is 6. The van der Waals surface area contributed by atoms with Crippen LogP contribution in [0.15, 0.2) is 65.3 Å². The lowest BCUT2D eigenvalue weighted by Gasteiger charge is -2.37. The first-order valence-corrected chi connectivity index (χ1v) is 12.3. The molecule has 4 aliphatic rings. The van der Waals surface area contributed by atoms with Crippen LogP contribution in [0.5, 0.6) is 0 Å². The van der Waals surface area contributed by atoms with E-state index in [9.17, 15) is 4.79 Å². The number of fused-ring (bicyclic) bond motifs is 1. The average molecular weight is 431 g/mol. The second-order valence-corrected chi connectivity index (χ2v) is 9.62. The fourth-order valence-corrected chi connectivity index (χ4v) is 5.60. The Kier molecular flexibility index (Phi) is 6.59. The highest BCUT2D eigenvalue weighted by molar-refractivity contribution is 5.94. The average Bonchev–Trinajstić information content (AvgIpc) is 3.32. The lowest BCUT2D eigenvalue weighted by atomic mass is 9.83. The highest BCUT2D eigenvalue weighted by Gasteiger charge is 2.28. The number of amides is 1. The summed E-state index contributed by atoms with van der Waals surface area (Å²) >= 11 is 0. The molecule has 2 heterocycles. The highest BCUT2D eigenvalue weighted by Crippen LogP contribution is 2.36. The van der Waals surface area contributed by atoms with E-state index in [1.807, 2.05) is 42.7 Å². The van der Waals surface area contributed by atoms with Crippen LogP contribution in [0.25, 0.3) is 11.3 Å². The molecule has 1 saturated heterocycles. The van der Waals surface area contributed by atoms with Crippen LogP contribution in [0, 0.1) is 5.92 Å². The molecule has 1 atom stereocenters. The molecule has 1 N–H and O–H groups in total. The molecule has 0 radical (unpaired) electrons. The smallest absolute Gasteiger partial charge is 0.251 e. The van der Waals surface area contributed by atoms with Crippen LogP contribution >= 0.6 is 0 Å². The second kappa shape index (κ2) is 9.91. The van der Waals surface area contributed by atoms with Gasteiger partial charge < -0.3 is 9.73 Å². The van der Waals surface area contributed by atoms with Crippen molar-refractivity contribution in [1.82, 2.24) is 10.2 Å². The third-order valence-electron chi connectivity index (χ3n) is 7.49.